The molecule has 5 aromatic rings. The van der Waals surface area contributed by atoms with Gasteiger partial charge < -0.3 is 34.6 Å². The van der Waals surface area contributed by atoms with Gasteiger partial charge in [-0.3, -0.25) is 19.7 Å². The van der Waals surface area contributed by atoms with Crippen LogP contribution in [0, 0.1) is 0 Å². The lowest BCUT2D eigenvalue weighted by molar-refractivity contribution is -0.136. The summed E-state index contributed by atoms with van der Waals surface area (Å²) >= 11 is 0. The lowest BCUT2D eigenvalue weighted by atomic mass is 9.96. The van der Waals surface area contributed by atoms with Gasteiger partial charge in [-0.15, -0.1) is 0 Å². The number of nitrogens with zero attached hydrogens (tertiary/aromatic N) is 2. The van der Waals surface area contributed by atoms with Gasteiger partial charge in [-0.05, 0) is 79.4 Å². The Morgan fingerprint density at radius 1 is 0.849 bits per heavy atom. The molecule has 4 N–H and O–H groups in total. The zero-order chi connectivity index (χ0) is 38.0. The van der Waals surface area contributed by atoms with Crippen LogP contribution >= 0.6 is 0 Å². The number of unbranched alkanes of at least 4 members (excludes halogenated alkanes) is 1. The normalized spacial score (nSPS) is 16.5. The van der Waals surface area contributed by atoms with Gasteiger partial charge >= 0.3 is 12.2 Å². The predicted octanol–water partition coefficient (Wildman–Crippen LogP) is 6.63. The molecule has 0 saturated carbocycles. The van der Waals surface area contributed by atoms with Crippen molar-refractivity contribution in [1.29, 1.82) is 0 Å². The SMILES string of the molecule is CC1Cn2c3c(cccc3c3c4c(c5c6ccccc6[nH]c5c32)C(=O)NC4=O)CN1C(=O)[C@H](CCCCNC(=O)OC(C)(C)C)NC(=O)OC(C)(C)C. The van der Waals surface area contributed by atoms with Crippen molar-refractivity contribution in [2.45, 2.75) is 104 Å². The molecule has 5 amide bonds. The fraction of sp³-hybridized carbons (Fsp3) is 0.425. The lowest BCUT2D eigenvalue weighted by Gasteiger charge is -2.32. The molecule has 2 aromatic heterocycles. The second kappa shape index (κ2) is 13.1. The molecule has 3 aromatic carbocycles. The minimum Gasteiger partial charge on any atom is -0.444 e. The highest BCUT2D eigenvalue weighted by Crippen LogP contribution is 2.45. The highest BCUT2D eigenvalue weighted by atomic mass is 16.6. The van der Waals surface area contributed by atoms with E-state index in [1.807, 2.05) is 49.4 Å². The predicted molar refractivity (Wildman–Crippen MR) is 202 cm³/mol. The molecule has 278 valence electrons. The molecule has 13 nitrogen and oxygen atoms in total. The van der Waals surface area contributed by atoms with Crippen molar-refractivity contribution in [3.05, 3.63) is 59.2 Å². The molecule has 13 heteroatoms. The second-order valence-corrected chi connectivity index (χ2v) is 16.0. The number of nitrogens with one attached hydrogen (secondary N) is 4. The number of fused-ring (bicyclic) bond motifs is 10. The largest absolute Gasteiger partial charge is 0.444 e. The van der Waals surface area contributed by atoms with E-state index in [1.165, 1.54) is 0 Å². The monoisotopic (exact) mass is 722 g/mol. The Kier molecular flexibility index (Phi) is 8.86. The highest BCUT2D eigenvalue weighted by molar-refractivity contribution is 6.39. The molecule has 1 unspecified atom stereocenters. The van der Waals surface area contributed by atoms with Gasteiger partial charge in [0.05, 0.1) is 27.7 Å². The van der Waals surface area contributed by atoms with E-state index in [9.17, 15) is 24.0 Å². The fourth-order valence-electron chi connectivity index (χ4n) is 7.70. The third kappa shape index (κ3) is 6.64. The van der Waals surface area contributed by atoms with E-state index in [4.69, 9.17) is 9.47 Å². The standard InChI is InChI=1S/C40H46N6O7/c1-21-19-46-32-22(20-45(21)36(49)26(43-38(51)53-40(5,6)7)17-10-11-18-41-37(50)52-39(2,3)4)13-12-15-24(32)28-30-29(34(47)44-35(30)48)27-23-14-8-9-16-25(23)42-31(27)33(28)46/h8-9,12-16,21,26,42H,10-11,17-20H2,1-7H3,(H,41,50)(H,43,51)(H,44,47,48)/t21?,26-/m0/s1. The molecule has 0 radical (unpaired) electrons. The number of benzene rings is 3. The Balaban J connectivity index is 1.24. The summed E-state index contributed by atoms with van der Waals surface area (Å²) in [4.78, 5) is 72.0. The summed E-state index contributed by atoms with van der Waals surface area (Å²) in [6.45, 7) is 13.6. The van der Waals surface area contributed by atoms with Crippen LogP contribution in [-0.4, -0.2) is 74.2 Å². The fourth-order valence-corrected chi connectivity index (χ4v) is 7.70. The Bertz CT molecular complexity index is 2340. The van der Waals surface area contributed by atoms with E-state index >= 15 is 0 Å². The van der Waals surface area contributed by atoms with Crippen LogP contribution in [-0.2, 0) is 27.4 Å². The average molecular weight is 723 g/mol. The van der Waals surface area contributed by atoms with Gasteiger partial charge in [0.1, 0.15) is 17.2 Å². The van der Waals surface area contributed by atoms with Gasteiger partial charge in [-0.1, -0.05) is 36.4 Å². The zero-order valence-electron chi connectivity index (χ0n) is 31.2. The van der Waals surface area contributed by atoms with Gasteiger partial charge in [0.2, 0.25) is 5.91 Å². The molecule has 2 aliphatic rings. The van der Waals surface area contributed by atoms with E-state index in [2.05, 4.69) is 25.5 Å². The summed E-state index contributed by atoms with van der Waals surface area (Å²) in [5, 5.41) is 11.2. The number of imide groups is 1. The number of ether oxygens (including phenoxy) is 2. The molecular weight excluding hydrogens is 676 g/mol. The minimum absolute atomic E-state index is 0.253. The van der Waals surface area contributed by atoms with Crippen LogP contribution < -0.4 is 16.0 Å². The third-order valence-electron chi connectivity index (χ3n) is 9.72. The number of carbonyl (C=O) groups is 5. The maximum atomic E-state index is 14.6. The van der Waals surface area contributed by atoms with Crippen LogP contribution in [0.15, 0.2) is 42.5 Å². The van der Waals surface area contributed by atoms with E-state index in [0.29, 0.717) is 54.3 Å². The number of H-pyrrole nitrogens is 1. The Hall–Kier alpha value is -5.59. The highest BCUT2D eigenvalue weighted by Gasteiger charge is 2.38. The number of carbonyl (C=O) groups excluding carboxylic acids is 5. The molecule has 7 rings (SSSR count). The molecule has 0 saturated heterocycles. The summed E-state index contributed by atoms with van der Waals surface area (Å²) < 4.78 is 13.1. The van der Waals surface area contributed by atoms with E-state index in [1.54, 1.807) is 46.4 Å². The summed E-state index contributed by atoms with van der Waals surface area (Å²) in [7, 11) is 0. The molecular formula is C40H46N6O7. The van der Waals surface area contributed by atoms with E-state index in [0.717, 1.165) is 38.4 Å². The number of alkyl carbamates (subject to hydrolysis) is 2. The van der Waals surface area contributed by atoms with Crippen molar-refractivity contribution >= 4 is 73.5 Å². The van der Waals surface area contributed by atoms with Crippen LogP contribution in [0.4, 0.5) is 9.59 Å². The van der Waals surface area contributed by atoms with E-state index in [-0.39, 0.29) is 18.5 Å². The Labute approximate surface area is 306 Å². The zero-order valence-corrected chi connectivity index (χ0v) is 31.2. The number of amides is 5. The van der Waals surface area contributed by atoms with Crippen molar-refractivity contribution in [2.75, 3.05) is 6.54 Å². The summed E-state index contributed by atoms with van der Waals surface area (Å²) in [5.74, 6) is -1.09. The first-order valence-electron chi connectivity index (χ1n) is 18.1. The molecule has 0 bridgehead atoms. The van der Waals surface area contributed by atoms with Crippen molar-refractivity contribution in [2.24, 2.45) is 0 Å². The molecule has 4 heterocycles. The number of aromatic nitrogens is 2. The van der Waals surface area contributed by atoms with Crippen molar-refractivity contribution in [1.82, 2.24) is 30.4 Å². The summed E-state index contributed by atoms with van der Waals surface area (Å²) in [6, 6.07) is 12.3. The first kappa shape index (κ1) is 35.8. The maximum absolute atomic E-state index is 14.6. The quantitative estimate of drug-likeness (QED) is 0.108. The summed E-state index contributed by atoms with van der Waals surface area (Å²) in [6.07, 6.45) is 0.221. The summed E-state index contributed by atoms with van der Waals surface area (Å²) in [5.41, 5.74) is 3.51. The molecule has 0 spiro atoms. The third-order valence-corrected chi connectivity index (χ3v) is 9.72. The van der Waals surface area contributed by atoms with Gasteiger partial charge in [0, 0.05) is 52.7 Å². The Morgan fingerprint density at radius 2 is 1.51 bits per heavy atom. The lowest BCUT2D eigenvalue weighted by Crippen LogP contribution is -2.52. The van der Waals surface area contributed by atoms with Crippen LogP contribution in [0.2, 0.25) is 0 Å². The average Bonchev–Trinajstić information content (AvgIpc) is 3.66. The number of para-hydroxylation sites is 2. The van der Waals surface area contributed by atoms with E-state index < -0.39 is 41.2 Å². The van der Waals surface area contributed by atoms with Crippen LogP contribution in [0.1, 0.15) is 94.0 Å². The topological polar surface area (TPSA) is 164 Å². The van der Waals surface area contributed by atoms with Crippen LogP contribution in [0.25, 0.3) is 43.6 Å². The first-order chi connectivity index (χ1) is 25.0. The van der Waals surface area contributed by atoms with Crippen molar-refractivity contribution in [3.8, 4) is 0 Å². The number of aromatic amines is 1. The Morgan fingerprint density at radius 3 is 2.23 bits per heavy atom. The smallest absolute Gasteiger partial charge is 0.408 e. The molecule has 0 aliphatic carbocycles. The second-order valence-electron chi connectivity index (χ2n) is 16.0. The molecule has 53 heavy (non-hydrogen) atoms. The number of hydrogen-bond acceptors (Lipinski definition) is 7. The first-order valence-corrected chi connectivity index (χ1v) is 18.1. The maximum Gasteiger partial charge on any atom is 0.408 e. The molecule has 0 fully saturated rings. The van der Waals surface area contributed by atoms with Crippen molar-refractivity contribution < 1.29 is 33.4 Å². The number of rotatable bonds is 7. The minimum atomic E-state index is -0.888. The van der Waals surface area contributed by atoms with Gasteiger partial charge in [0.25, 0.3) is 11.8 Å². The van der Waals surface area contributed by atoms with Gasteiger partial charge in [-0.2, -0.15) is 0 Å². The van der Waals surface area contributed by atoms with Gasteiger partial charge in [0.15, 0.2) is 0 Å². The number of hydrogen-bond donors (Lipinski definition) is 4. The molecule has 2 aliphatic heterocycles. The van der Waals surface area contributed by atoms with Crippen molar-refractivity contribution in [3.63, 3.8) is 0 Å². The van der Waals surface area contributed by atoms with Crippen LogP contribution in [0.5, 0.6) is 0 Å². The molecule has 2 atom stereocenters. The van der Waals surface area contributed by atoms with Gasteiger partial charge in [-0.25, -0.2) is 9.59 Å². The van der Waals surface area contributed by atoms with Crippen LogP contribution in [0.3, 0.4) is 0 Å².